The lowest BCUT2D eigenvalue weighted by Crippen LogP contribution is -2.08. The van der Waals surface area contributed by atoms with Crippen molar-refractivity contribution < 1.29 is 13.0 Å². The van der Waals surface area contributed by atoms with Gasteiger partial charge in [-0.1, -0.05) is 24.3 Å². The molecule has 3 rings (SSSR count). The molecule has 0 radical (unpaired) electrons. The Morgan fingerprint density at radius 1 is 1.30 bits per heavy atom. The van der Waals surface area contributed by atoms with Crippen molar-refractivity contribution in [2.45, 2.75) is 24.9 Å². The van der Waals surface area contributed by atoms with Gasteiger partial charge in [0.2, 0.25) is 5.89 Å². The molecule has 23 heavy (non-hydrogen) atoms. The van der Waals surface area contributed by atoms with Gasteiger partial charge < -0.3 is 4.42 Å². The summed E-state index contributed by atoms with van der Waals surface area (Å²) in [5, 5.41) is 1.55. The third-order valence-electron chi connectivity index (χ3n) is 3.64. The van der Waals surface area contributed by atoms with Crippen LogP contribution in [0.2, 0.25) is 0 Å². The molecule has 6 heteroatoms. The average molecular weight is 349 g/mol. The summed E-state index contributed by atoms with van der Waals surface area (Å²) < 4.78 is 32.1. The van der Waals surface area contributed by atoms with Gasteiger partial charge in [-0.05, 0) is 31.4 Å². The van der Waals surface area contributed by atoms with Gasteiger partial charge in [-0.2, -0.15) is 0 Å². The van der Waals surface area contributed by atoms with Crippen molar-refractivity contribution in [1.82, 2.24) is 4.98 Å². The molecule has 2 aromatic heterocycles. The summed E-state index contributed by atoms with van der Waals surface area (Å²) in [5.41, 5.74) is 1.13. The maximum absolute atomic E-state index is 13.8. The lowest BCUT2D eigenvalue weighted by molar-refractivity contribution is 0.541. The van der Waals surface area contributed by atoms with E-state index in [-0.39, 0.29) is 11.6 Å². The molecular formula is C17H16FNO2S2. The molecule has 0 aliphatic rings. The molecule has 0 saturated heterocycles. The lowest BCUT2D eigenvalue weighted by Gasteiger charge is -2.11. The van der Waals surface area contributed by atoms with E-state index in [2.05, 4.69) is 4.98 Å². The van der Waals surface area contributed by atoms with Crippen molar-refractivity contribution in [2.75, 3.05) is 0 Å². The maximum Gasteiger partial charge on any atom is 0.236 e. The highest BCUT2D eigenvalue weighted by Gasteiger charge is 2.21. The fourth-order valence-corrected chi connectivity index (χ4v) is 4.18. The van der Waals surface area contributed by atoms with E-state index in [1.54, 1.807) is 36.5 Å². The first kappa shape index (κ1) is 16.1. The van der Waals surface area contributed by atoms with Gasteiger partial charge in [0.15, 0.2) is 0 Å². The molecule has 0 unspecified atom stereocenters. The average Bonchev–Trinajstić information content (AvgIpc) is 3.17. The molecule has 2 heterocycles. The predicted octanol–water partition coefficient (Wildman–Crippen LogP) is 4.86. The Kier molecular flexibility index (Phi) is 4.73. The first-order valence-corrected chi connectivity index (χ1v) is 9.44. The van der Waals surface area contributed by atoms with Crippen molar-refractivity contribution in [3.8, 4) is 10.8 Å². The molecule has 120 valence electrons. The van der Waals surface area contributed by atoms with E-state index in [9.17, 15) is 8.60 Å². The summed E-state index contributed by atoms with van der Waals surface area (Å²) in [5.74, 6) is 1.12. The Morgan fingerprint density at radius 3 is 2.78 bits per heavy atom. The molecule has 0 N–H and O–H groups in total. The zero-order valence-corrected chi connectivity index (χ0v) is 14.4. The smallest absolute Gasteiger partial charge is 0.236 e. The normalized spacial score (nSPS) is 13.9. The van der Waals surface area contributed by atoms with Crippen molar-refractivity contribution in [3.63, 3.8) is 0 Å². The number of aryl methyl sites for hydroxylation is 1. The van der Waals surface area contributed by atoms with Crippen molar-refractivity contribution in [2.24, 2.45) is 0 Å². The molecule has 0 aliphatic carbocycles. The largest absolute Gasteiger partial charge is 0.440 e. The molecule has 0 aliphatic heterocycles. The quantitative estimate of drug-likeness (QED) is 0.660. The van der Waals surface area contributed by atoms with Crippen LogP contribution in [-0.4, -0.2) is 9.19 Å². The third-order valence-corrected chi connectivity index (χ3v) is 6.10. The number of rotatable bonds is 5. The van der Waals surface area contributed by atoms with Crippen LogP contribution in [0.25, 0.3) is 10.8 Å². The van der Waals surface area contributed by atoms with Crippen molar-refractivity contribution in [1.29, 1.82) is 0 Å². The number of hydrogen-bond acceptors (Lipinski definition) is 4. The standard InChI is InChI=1S/C17H16FNO2S2/c1-11-15(19-17(21-11)16-8-5-9-22-16)10-23(20)12(2)13-6-3-4-7-14(13)18/h3-9,12H,10H2,1-2H3/t12-,23-/m1/s1. The minimum Gasteiger partial charge on any atom is -0.440 e. The molecule has 0 bridgehead atoms. The highest BCUT2D eigenvalue weighted by molar-refractivity contribution is 7.84. The van der Waals surface area contributed by atoms with E-state index < -0.39 is 16.0 Å². The summed E-state index contributed by atoms with van der Waals surface area (Å²) in [7, 11) is -1.28. The van der Waals surface area contributed by atoms with Gasteiger partial charge in [0.05, 0.1) is 21.6 Å². The van der Waals surface area contributed by atoms with Crippen LogP contribution in [0, 0.1) is 12.7 Å². The van der Waals surface area contributed by atoms with Gasteiger partial charge in [0, 0.05) is 16.4 Å². The van der Waals surface area contributed by atoms with Gasteiger partial charge in [0.1, 0.15) is 11.6 Å². The van der Waals surface area contributed by atoms with Crippen LogP contribution < -0.4 is 0 Å². The number of aromatic nitrogens is 1. The summed E-state index contributed by atoms with van der Waals surface area (Å²) in [6.45, 7) is 3.58. The van der Waals surface area contributed by atoms with Gasteiger partial charge in [-0.3, -0.25) is 4.21 Å². The van der Waals surface area contributed by atoms with Crippen LogP contribution in [-0.2, 0) is 16.6 Å². The first-order chi connectivity index (χ1) is 11.1. The molecule has 1 aromatic carbocycles. The fraction of sp³-hybridized carbons (Fsp3) is 0.235. The summed E-state index contributed by atoms with van der Waals surface area (Å²) in [6, 6.07) is 10.3. The summed E-state index contributed by atoms with van der Waals surface area (Å²) in [6.07, 6.45) is 0. The Bertz CT molecular complexity index is 827. The van der Waals surface area contributed by atoms with E-state index in [1.807, 2.05) is 24.4 Å². The van der Waals surface area contributed by atoms with Crippen molar-refractivity contribution >= 4 is 22.1 Å². The van der Waals surface area contributed by atoms with Crippen LogP contribution in [0.1, 0.15) is 29.2 Å². The highest BCUT2D eigenvalue weighted by atomic mass is 32.2. The zero-order valence-electron chi connectivity index (χ0n) is 12.8. The van der Waals surface area contributed by atoms with Crippen LogP contribution in [0.4, 0.5) is 4.39 Å². The summed E-state index contributed by atoms with van der Waals surface area (Å²) in [4.78, 5) is 5.38. The van der Waals surface area contributed by atoms with Crippen LogP contribution in [0.5, 0.6) is 0 Å². The molecular weight excluding hydrogens is 333 g/mol. The first-order valence-electron chi connectivity index (χ1n) is 7.18. The molecule has 2 atom stereocenters. The number of hydrogen-bond donors (Lipinski definition) is 0. The van der Waals surface area contributed by atoms with E-state index in [0.29, 0.717) is 22.9 Å². The Morgan fingerprint density at radius 2 is 2.09 bits per heavy atom. The topological polar surface area (TPSA) is 43.1 Å². The molecule has 0 amide bonds. The lowest BCUT2D eigenvalue weighted by atomic mass is 10.1. The zero-order chi connectivity index (χ0) is 16.4. The molecule has 0 saturated carbocycles. The second-order valence-corrected chi connectivity index (χ2v) is 7.89. The molecule has 3 nitrogen and oxygen atoms in total. The van der Waals surface area contributed by atoms with Crippen LogP contribution in [0.15, 0.2) is 46.2 Å². The molecule has 0 fully saturated rings. The summed E-state index contributed by atoms with van der Waals surface area (Å²) >= 11 is 1.54. The van der Waals surface area contributed by atoms with Gasteiger partial charge in [0.25, 0.3) is 0 Å². The van der Waals surface area contributed by atoms with Gasteiger partial charge in [-0.25, -0.2) is 9.37 Å². The second kappa shape index (κ2) is 6.76. The highest BCUT2D eigenvalue weighted by Crippen LogP contribution is 2.29. The Balaban J connectivity index is 1.79. The monoisotopic (exact) mass is 349 g/mol. The van der Waals surface area contributed by atoms with Gasteiger partial charge in [-0.15, -0.1) is 11.3 Å². The van der Waals surface area contributed by atoms with Gasteiger partial charge >= 0.3 is 0 Å². The SMILES string of the molecule is Cc1oc(-c2cccs2)nc1C[S@@](=O)[C@H](C)c1ccccc1F. The van der Waals surface area contributed by atoms with Crippen molar-refractivity contribution in [3.05, 3.63) is 64.6 Å². The molecule has 3 aromatic rings. The predicted molar refractivity (Wildman–Crippen MR) is 91.2 cm³/mol. The number of benzene rings is 1. The number of nitrogens with zero attached hydrogens (tertiary/aromatic N) is 1. The number of halogens is 1. The number of thiophene rings is 1. The third kappa shape index (κ3) is 3.43. The number of oxazole rings is 1. The van der Waals surface area contributed by atoms with E-state index >= 15 is 0 Å². The van der Waals surface area contributed by atoms with Crippen LogP contribution >= 0.6 is 11.3 Å². The van der Waals surface area contributed by atoms with Crippen LogP contribution in [0.3, 0.4) is 0 Å². The minimum atomic E-state index is -1.28. The minimum absolute atomic E-state index is 0.246. The van der Waals surface area contributed by atoms with E-state index in [4.69, 9.17) is 4.42 Å². The molecule has 0 spiro atoms. The Hall–Kier alpha value is -1.79. The Labute approximate surface area is 140 Å². The second-order valence-electron chi connectivity index (χ2n) is 5.19. The van der Waals surface area contributed by atoms with E-state index in [0.717, 1.165) is 4.88 Å². The maximum atomic E-state index is 13.8. The fourth-order valence-electron chi connectivity index (χ4n) is 2.27. The van der Waals surface area contributed by atoms with E-state index in [1.165, 1.54) is 6.07 Å².